The zero-order valence-electron chi connectivity index (χ0n) is 12.7. The van der Waals surface area contributed by atoms with Crippen molar-refractivity contribution in [2.45, 2.75) is 13.0 Å². The molecular weight excluding hydrogens is 318 g/mol. The van der Waals surface area contributed by atoms with Crippen molar-refractivity contribution >= 4 is 29.2 Å². The highest BCUT2D eigenvalue weighted by molar-refractivity contribution is 6.30. The van der Waals surface area contributed by atoms with Gasteiger partial charge in [-0.3, -0.25) is 4.79 Å². The van der Waals surface area contributed by atoms with Crippen LogP contribution in [0.4, 0.5) is 5.69 Å². The number of carbonyl (C=O) groups is 2. The van der Waals surface area contributed by atoms with E-state index in [2.05, 4.69) is 0 Å². The number of phenolic OH excluding ortho intramolecular Hbond substituents is 1. The molecule has 0 saturated heterocycles. The molecule has 2 aromatic carbocycles. The van der Waals surface area contributed by atoms with Crippen molar-refractivity contribution in [3.05, 3.63) is 59.1 Å². The number of carbonyl (C=O) groups excluding carboxylic acids is 2. The van der Waals surface area contributed by atoms with Crippen molar-refractivity contribution in [2.24, 2.45) is 0 Å². The van der Waals surface area contributed by atoms with E-state index in [-0.39, 0.29) is 17.2 Å². The largest absolute Gasteiger partial charge is 0.507 e. The van der Waals surface area contributed by atoms with Gasteiger partial charge in [0.2, 0.25) is 0 Å². The predicted octanol–water partition coefficient (Wildman–Crippen LogP) is 3.25. The molecule has 0 aromatic heterocycles. The smallest absolute Gasteiger partial charge is 0.342 e. The Morgan fingerprint density at radius 3 is 2.43 bits per heavy atom. The molecule has 2 aromatic rings. The van der Waals surface area contributed by atoms with Crippen LogP contribution in [0.2, 0.25) is 5.02 Å². The number of nitrogens with zero attached hydrogens (tertiary/aromatic N) is 1. The molecule has 0 saturated carbocycles. The Hall–Kier alpha value is -2.53. The highest BCUT2D eigenvalue weighted by atomic mass is 35.5. The van der Waals surface area contributed by atoms with Crippen LogP contribution in [-0.4, -0.2) is 30.1 Å². The highest BCUT2D eigenvalue weighted by Gasteiger charge is 2.24. The van der Waals surface area contributed by atoms with Gasteiger partial charge in [0.15, 0.2) is 6.10 Å². The second-order valence-corrected chi connectivity index (χ2v) is 5.38. The van der Waals surface area contributed by atoms with Crippen LogP contribution >= 0.6 is 11.6 Å². The number of esters is 1. The minimum Gasteiger partial charge on any atom is -0.507 e. The van der Waals surface area contributed by atoms with Gasteiger partial charge in [0.05, 0.1) is 0 Å². The number of likely N-dealkylation sites (N-methyl/N-ethyl adjacent to an activating group) is 1. The molecule has 0 unspecified atom stereocenters. The Labute approximate surface area is 139 Å². The Morgan fingerprint density at radius 1 is 1.17 bits per heavy atom. The van der Waals surface area contributed by atoms with Gasteiger partial charge in [-0.15, -0.1) is 0 Å². The van der Waals surface area contributed by atoms with Crippen LogP contribution in [0.25, 0.3) is 0 Å². The molecule has 23 heavy (non-hydrogen) atoms. The van der Waals surface area contributed by atoms with Gasteiger partial charge >= 0.3 is 5.97 Å². The number of anilines is 1. The van der Waals surface area contributed by atoms with Crippen LogP contribution < -0.4 is 4.90 Å². The van der Waals surface area contributed by atoms with E-state index in [0.29, 0.717) is 10.7 Å². The van der Waals surface area contributed by atoms with Crippen LogP contribution in [0.15, 0.2) is 48.5 Å². The Morgan fingerprint density at radius 2 is 1.83 bits per heavy atom. The van der Waals surface area contributed by atoms with Crippen molar-refractivity contribution in [1.29, 1.82) is 0 Å². The summed E-state index contributed by atoms with van der Waals surface area (Å²) in [6.07, 6.45) is -0.997. The first kappa shape index (κ1) is 16.8. The third-order valence-electron chi connectivity index (χ3n) is 3.29. The van der Waals surface area contributed by atoms with E-state index in [1.165, 1.54) is 30.0 Å². The molecule has 0 spiro atoms. The Kier molecular flexibility index (Phi) is 5.24. The molecular formula is C17H16ClNO4. The fraction of sp³-hybridized carbons (Fsp3) is 0.176. The van der Waals surface area contributed by atoms with E-state index >= 15 is 0 Å². The molecule has 0 fully saturated rings. The van der Waals surface area contributed by atoms with E-state index < -0.39 is 12.1 Å². The monoisotopic (exact) mass is 333 g/mol. The number of phenols is 1. The first-order valence-electron chi connectivity index (χ1n) is 6.92. The molecule has 0 aliphatic rings. The van der Waals surface area contributed by atoms with Crippen molar-refractivity contribution in [3.8, 4) is 5.75 Å². The number of benzene rings is 2. The van der Waals surface area contributed by atoms with E-state index in [0.717, 1.165) is 0 Å². The van der Waals surface area contributed by atoms with Gasteiger partial charge in [-0.1, -0.05) is 29.8 Å². The zero-order chi connectivity index (χ0) is 17.0. The Bertz CT molecular complexity index is 718. The fourth-order valence-corrected chi connectivity index (χ4v) is 2.17. The number of halogens is 1. The van der Waals surface area contributed by atoms with Gasteiger partial charge < -0.3 is 14.7 Å². The molecule has 1 N–H and O–H groups in total. The van der Waals surface area contributed by atoms with Crippen LogP contribution in [0.5, 0.6) is 5.75 Å². The molecule has 0 aliphatic heterocycles. The van der Waals surface area contributed by atoms with Crippen molar-refractivity contribution in [3.63, 3.8) is 0 Å². The van der Waals surface area contributed by atoms with Crippen LogP contribution in [0.3, 0.4) is 0 Å². The van der Waals surface area contributed by atoms with Gasteiger partial charge in [-0.25, -0.2) is 4.79 Å². The van der Waals surface area contributed by atoms with Crippen molar-refractivity contribution in [2.75, 3.05) is 11.9 Å². The molecule has 6 heteroatoms. The lowest BCUT2D eigenvalue weighted by molar-refractivity contribution is -0.126. The number of amides is 1. The van der Waals surface area contributed by atoms with Crippen LogP contribution in [0, 0.1) is 0 Å². The second kappa shape index (κ2) is 7.15. The maximum Gasteiger partial charge on any atom is 0.342 e. The summed E-state index contributed by atoms with van der Waals surface area (Å²) in [4.78, 5) is 25.8. The van der Waals surface area contributed by atoms with Crippen molar-refractivity contribution < 1.29 is 19.4 Å². The standard InChI is InChI=1S/C17H16ClNO4/c1-11(16(21)19(2)13-6-4-3-5-7-13)23-17(22)14-9-8-12(18)10-15(14)20/h3-11,20H,1-2H3/t11-/m0/s1. The molecule has 1 amide bonds. The number of aromatic hydroxyl groups is 1. The summed E-state index contributed by atoms with van der Waals surface area (Å²) in [5, 5.41) is 10.0. The van der Waals surface area contributed by atoms with Crippen molar-refractivity contribution in [1.82, 2.24) is 0 Å². The zero-order valence-corrected chi connectivity index (χ0v) is 13.4. The average Bonchev–Trinajstić information content (AvgIpc) is 2.54. The van der Waals surface area contributed by atoms with Crippen LogP contribution in [-0.2, 0) is 9.53 Å². The van der Waals surface area contributed by atoms with Gasteiger partial charge in [-0.2, -0.15) is 0 Å². The molecule has 2 rings (SSSR count). The van der Waals surface area contributed by atoms with E-state index in [9.17, 15) is 14.7 Å². The Balaban J connectivity index is 2.07. The van der Waals surface area contributed by atoms with E-state index in [1.54, 1.807) is 19.2 Å². The molecule has 0 heterocycles. The topological polar surface area (TPSA) is 66.8 Å². The van der Waals surface area contributed by atoms with E-state index in [1.807, 2.05) is 18.2 Å². The van der Waals surface area contributed by atoms with Crippen LogP contribution in [0.1, 0.15) is 17.3 Å². The number of hydrogen-bond acceptors (Lipinski definition) is 4. The number of rotatable bonds is 4. The third kappa shape index (κ3) is 4.02. The summed E-state index contributed by atoms with van der Waals surface area (Å²) < 4.78 is 5.13. The lowest BCUT2D eigenvalue weighted by Crippen LogP contribution is -2.37. The molecule has 5 nitrogen and oxygen atoms in total. The SMILES string of the molecule is C[C@H](OC(=O)c1ccc(Cl)cc1O)C(=O)N(C)c1ccccc1. The maximum absolute atomic E-state index is 12.3. The quantitative estimate of drug-likeness (QED) is 0.872. The van der Waals surface area contributed by atoms with Gasteiger partial charge in [0.1, 0.15) is 11.3 Å². The fourth-order valence-electron chi connectivity index (χ4n) is 2.00. The van der Waals surface area contributed by atoms with Gasteiger partial charge in [-0.05, 0) is 37.3 Å². The summed E-state index contributed by atoms with van der Waals surface area (Å²) in [6, 6.07) is 13.0. The number of ether oxygens (including phenoxy) is 1. The number of para-hydroxylation sites is 1. The third-order valence-corrected chi connectivity index (χ3v) is 3.52. The molecule has 1 atom stereocenters. The lowest BCUT2D eigenvalue weighted by atomic mass is 10.2. The van der Waals surface area contributed by atoms with Gasteiger partial charge in [0.25, 0.3) is 5.91 Å². The summed E-state index contributed by atoms with van der Waals surface area (Å²) in [5.74, 6) is -1.46. The predicted molar refractivity (Wildman–Crippen MR) is 87.8 cm³/mol. The van der Waals surface area contributed by atoms with E-state index in [4.69, 9.17) is 16.3 Å². The summed E-state index contributed by atoms with van der Waals surface area (Å²) in [6.45, 7) is 1.48. The van der Waals surface area contributed by atoms with Gasteiger partial charge in [0, 0.05) is 17.8 Å². The molecule has 120 valence electrons. The first-order chi connectivity index (χ1) is 10.9. The first-order valence-corrected chi connectivity index (χ1v) is 7.30. The minimum absolute atomic E-state index is 0.0450. The lowest BCUT2D eigenvalue weighted by Gasteiger charge is -2.21. The summed E-state index contributed by atoms with van der Waals surface area (Å²) in [5.41, 5.74) is 0.645. The second-order valence-electron chi connectivity index (χ2n) is 4.94. The maximum atomic E-state index is 12.3. The summed E-state index contributed by atoms with van der Waals surface area (Å²) in [7, 11) is 1.60. The normalized spacial score (nSPS) is 11.6. The minimum atomic E-state index is -0.997. The molecule has 0 radical (unpaired) electrons. The molecule has 0 aliphatic carbocycles. The highest BCUT2D eigenvalue weighted by Crippen LogP contribution is 2.23. The summed E-state index contributed by atoms with van der Waals surface area (Å²) >= 11 is 5.71. The average molecular weight is 334 g/mol. The number of hydrogen-bond donors (Lipinski definition) is 1. The molecule has 0 bridgehead atoms.